The quantitative estimate of drug-likeness (QED) is 0.145. The second kappa shape index (κ2) is 11.8. The van der Waals surface area contributed by atoms with E-state index < -0.39 is 0 Å². The third-order valence-electron chi connectivity index (χ3n) is 7.40. The third-order valence-corrected chi connectivity index (χ3v) is 9.24. The molecule has 190 valence electrons. The fourth-order valence-electron chi connectivity index (χ4n) is 5.20. The maximum absolute atomic E-state index is 6.20. The summed E-state index contributed by atoms with van der Waals surface area (Å²) in [5.74, 6) is 2.68. The second-order valence-electron chi connectivity index (χ2n) is 9.92. The molecule has 1 atom stereocenters. The first-order chi connectivity index (χ1) is 17.7. The zero-order valence-electron chi connectivity index (χ0n) is 21.9. The molecule has 5 aromatic rings. The van der Waals surface area contributed by atoms with Crippen molar-refractivity contribution in [1.29, 1.82) is 0 Å². The van der Waals surface area contributed by atoms with Crippen LogP contribution in [0, 0.1) is 5.92 Å². The van der Waals surface area contributed by atoms with Crippen LogP contribution in [0.15, 0.2) is 47.2 Å². The number of aromatic nitrogens is 2. The fraction of sp³-hybridized carbons (Fsp3) is 0.452. The number of hydrogen-bond donors (Lipinski definition) is 0. The van der Waals surface area contributed by atoms with E-state index in [1.165, 1.54) is 82.6 Å². The van der Waals surface area contributed by atoms with Crippen LogP contribution in [-0.2, 0) is 6.54 Å². The summed E-state index contributed by atoms with van der Waals surface area (Å²) in [6.07, 6.45) is 9.93. The Morgan fingerprint density at radius 1 is 0.833 bits per heavy atom. The van der Waals surface area contributed by atoms with Gasteiger partial charge in [-0.2, -0.15) is 0 Å². The number of fused-ring (bicyclic) bond motifs is 6. The molecule has 0 aliphatic heterocycles. The molecule has 5 heteroatoms. The Labute approximate surface area is 223 Å². The summed E-state index contributed by atoms with van der Waals surface area (Å²) < 4.78 is 11.4. The van der Waals surface area contributed by atoms with E-state index in [0.717, 1.165) is 30.2 Å². The lowest BCUT2D eigenvalue weighted by molar-refractivity contribution is 0.233. The van der Waals surface area contributed by atoms with E-state index in [2.05, 4.69) is 72.5 Å². The first-order valence-corrected chi connectivity index (χ1v) is 15.5. The minimum Gasteiger partial charge on any atom is -0.493 e. The van der Waals surface area contributed by atoms with Crippen LogP contribution in [0.5, 0.6) is 5.75 Å². The molecule has 3 aromatic heterocycles. The fourth-order valence-corrected chi connectivity index (χ4v) is 7.06. The van der Waals surface area contributed by atoms with Crippen LogP contribution in [0.25, 0.3) is 42.6 Å². The van der Waals surface area contributed by atoms with E-state index >= 15 is 0 Å². The minimum atomic E-state index is 0.637. The van der Waals surface area contributed by atoms with Gasteiger partial charge >= 0.3 is 0 Å². The van der Waals surface area contributed by atoms with Crippen molar-refractivity contribution in [2.45, 2.75) is 78.7 Å². The standard InChI is InChI=1S/C31H38N2OS2/c1-4-7-9-10-18-33-28-27(29-25(16-19-35-29)26-17-20-36-30(26)28)32-31(33)23-12-14-24(15-13-23)34-21-22(6-3)11-8-5-2/h12-17,19-20,22H,4-11,18,21H2,1-3H3. The number of thiophene rings is 2. The molecule has 0 spiro atoms. The van der Waals surface area contributed by atoms with E-state index in [-0.39, 0.29) is 0 Å². The molecule has 0 saturated carbocycles. The van der Waals surface area contributed by atoms with Crippen LogP contribution in [0.4, 0.5) is 0 Å². The van der Waals surface area contributed by atoms with Gasteiger partial charge in [0, 0.05) is 22.9 Å². The van der Waals surface area contributed by atoms with E-state index in [0.29, 0.717) is 5.92 Å². The first-order valence-electron chi connectivity index (χ1n) is 13.7. The number of imidazole rings is 1. The predicted molar refractivity (Wildman–Crippen MR) is 159 cm³/mol. The van der Waals surface area contributed by atoms with Crippen molar-refractivity contribution in [3.63, 3.8) is 0 Å². The normalized spacial score (nSPS) is 12.8. The van der Waals surface area contributed by atoms with Crippen LogP contribution < -0.4 is 4.74 Å². The summed E-state index contributed by atoms with van der Waals surface area (Å²) in [7, 11) is 0. The van der Waals surface area contributed by atoms with Gasteiger partial charge in [-0.15, -0.1) is 22.7 Å². The lowest BCUT2D eigenvalue weighted by Gasteiger charge is -2.16. The van der Waals surface area contributed by atoms with Gasteiger partial charge in [-0.25, -0.2) is 4.98 Å². The molecule has 36 heavy (non-hydrogen) atoms. The molecule has 0 amide bonds. The average molecular weight is 519 g/mol. The number of nitrogens with zero attached hydrogens (tertiary/aromatic N) is 2. The molecular weight excluding hydrogens is 480 g/mol. The summed E-state index contributed by atoms with van der Waals surface area (Å²) in [6, 6.07) is 13.2. The molecule has 0 radical (unpaired) electrons. The number of benzene rings is 2. The molecule has 0 bridgehead atoms. The Morgan fingerprint density at radius 3 is 2.28 bits per heavy atom. The van der Waals surface area contributed by atoms with Crippen LogP contribution >= 0.6 is 22.7 Å². The minimum absolute atomic E-state index is 0.637. The van der Waals surface area contributed by atoms with Crippen molar-refractivity contribution in [2.24, 2.45) is 5.92 Å². The zero-order chi connectivity index (χ0) is 24.9. The van der Waals surface area contributed by atoms with Crippen molar-refractivity contribution < 1.29 is 4.74 Å². The van der Waals surface area contributed by atoms with Crippen molar-refractivity contribution in [1.82, 2.24) is 9.55 Å². The largest absolute Gasteiger partial charge is 0.493 e. The molecule has 2 aromatic carbocycles. The molecular formula is C31H38N2OS2. The van der Waals surface area contributed by atoms with Gasteiger partial charge in [0.1, 0.15) is 17.1 Å². The highest BCUT2D eigenvalue weighted by Gasteiger charge is 2.20. The van der Waals surface area contributed by atoms with Crippen molar-refractivity contribution in [3.05, 3.63) is 47.2 Å². The number of hydrogen-bond acceptors (Lipinski definition) is 4. The summed E-state index contributed by atoms with van der Waals surface area (Å²) >= 11 is 3.66. The van der Waals surface area contributed by atoms with Gasteiger partial charge < -0.3 is 9.30 Å². The van der Waals surface area contributed by atoms with Crippen LogP contribution in [-0.4, -0.2) is 16.2 Å². The van der Waals surface area contributed by atoms with Crippen LogP contribution in [0.2, 0.25) is 0 Å². The molecule has 0 saturated heterocycles. The molecule has 0 fully saturated rings. The summed E-state index contributed by atoms with van der Waals surface area (Å²) in [5, 5.41) is 7.13. The smallest absolute Gasteiger partial charge is 0.141 e. The molecule has 3 heterocycles. The Hall–Kier alpha value is -2.37. The van der Waals surface area contributed by atoms with E-state index in [1.807, 2.05) is 22.7 Å². The molecule has 5 rings (SSSR count). The van der Waals surface area contributed by atoms with Crippen molar-refractivity contribution in [3.8, 4) is 17.1 Å². The number of rotatable bonds is 13. The SMILES string of the molecule is CCCCCCn1c(-c2ccc(OCC(CC)CCCC)cc2)nc2c3sccc3c3ccsc3c21. The van der Waals surface area contributed by atoms with Gasteiger partial charge in [0.2, 0.25) is 0 Å². The summed E-state index contributed by atoms with van der Waals surface area (Å²) in [4.78, 5) is 5.30. The van der Waals surface area contributed by atoms with Gasteiger partial charge in [0.15, 0.2) is 0 Å². The molecule has 0 aliphatic carbocycles. The molecule has 0 N–H and O–H groups in total. The lowest BCUT2D eigenvalue weighted by atomic mass is 10.0. The lowest BCUT2D eigenvalue weighted by Crippen LogP contribution is -2.11. The van der Waals surface area contributed by atoms with Gasteiger partial charge in [-0.1, -0.05) is 59.3 Å². The Balaban J connectivity index is 1.50. The van der Waals surface area contributed by atoms with Crippen molar-refractivity contribution >= 4 is 53.9 Å². The Bertz CT molecular complexity index is 1410. The van der Waals surface area contributed by atoms with Gasteiger partial charge in [-0.05, 0) is 65.9 Å². The zero-order valence-corrected chi connectivity index (χ0v) is 23.5. The second-order valence-corrected chi connectivity index (χ2v) is 11.8. The third kappa shape index (κ3) is 5.05. The molecule has 0 aliphatic rings. The highest BCUT2D eigenvalue weighted by Crippen LogP contribution is 2.42. The van der Waals surface area contributed by atoms with E-state index in [1.54, 1.807) is 0 Å². The van der Waals surface area contributed by atoms with E-state index in [4.69, 9.17) is 9.72 Å². The Morgan fingerprint density at radius 2 is 1.56 bits per heavy atom. The highest BCUT2D eigenvalue weighted by molar-refractivity contribution is 7.20. The summed E-state index contributed by atoms with van der Waals surface area (Å²) in [5.41, 5.74) is 3.63. The maximum Gasteiger partial charge on any atom is 0.141 e. The number of ether oxygens (including phenoxy) is 1. The van der Waals surface area contributed by atoms with Crippen molar-refractivity contribution in [2.75, 3.05) is 6.61 Å². The van der Waals surface area contributed by atoms with Gasteiger partial charge in [0.05, 0.1) is 21.5 Å². The van der Waals surface area contributed by atoms with Crippen LogP contribution in [0.1, 0.15) is 72.1 Å². The molecule has 3 nitrogen and oxygen atoms in total. The van der Waals surface area contributed by atoms with Crippen LogP contribution in [0.3, 0.4) is 0 Å². The number of unbranched alkanes of at least 4 members (excludes halogenated alkanes) is 4. The number of aryl methyl sites for hydroxylation is 1. The monoisotopic (exact) mass is 518 g/mol. The van der Waals surface area contributed by atoms with Gasteiger partial charge in [0.25, 0.3) is 0 Å². The summed E-state index contributed by atoms with van der Waals surface area (Å²) in [6.45, 7) is 8.61. The molecule has 1 unspecified atom stereocenters. The van der Waals surface area contributed by atoms with Gasteiger partial charge in [-0.3, -0.25) is 0 Å². The predicted octanol–water partition coefficient (Wildman–Crippen LogP) is 10.3. The first kappa shape index (κ1) is 25.3. The van der Waals surface area contributed by atoms with E-state index in [9.17, 15) is 0 Å². The Kier molecular flexibility index (Phi) is 8.28. The average Bonchev–Trinajstić information content (AvgIpc) is 3.65. The highest BCUT2D eigenvalue weighted by atomic mass is 32.1. The maximum atomic E-state index is 6.20. The topological polar surface area (TPSA) is 27.1 Å².